The second kappa shape index (κ2) is 5.81. The van der Waals surface area contributed by atoms with Gasteiger partial charge in [-0.1, -0.05) is 12.1 Å². The predicted molar refractivity (Wildman–Crippen MR) is 73.7 cm³/mol. The van der Waals surface area contributed by atoms with Crippen molar-refractivity contribution >= 4 is 17.7 Å². The lowest BCUT2D eigenvalue weighted by molar-refractivity contribution is -0.143. The van der Waals surface area contributed by atoms with E-state index in [9.17, 15) is 9.59 Å². The molecule has 0 bridgehead atoms. The van der Waals surface area contributed by atoms with Gasteiger partial charge >= 0.3 is 12.1 Å². The third kappa shape index (κ3) is 2.68. The minimum atomic E-state index is -0.858. The van der Waals surface area contributed by atoms with E-state index in [1.807, 2.05) is 25.2 Å². The van der Waals surface area contributed by atoms with Gasteiger partial charge in [-0.2, -0.15) is 0 Å². The molecule has 6 heteroatoms. The van der Waals surface area contributed by atoms with Crippen LogP contribution in [0, 0.1) is 0 Å². The van der Waals surface area contributed by atoms with Gasteiger partial charge in [0, 0.05) is 19.3 Å². The van der Waals surface area contributed by atoms with Crippen molar-refractivity contribution in [3.05, 3.63) is 29.3 Å². The first-order valence-electron chi connectivity index (χ1n) is 6.33. The SMILES string of the molecule is COC(=O)NC(C(=O)OC)c1ccc2c(c1)CCN2C. The molecule has 1 aliphatic heterocycles. The molecule has 1 aromatic rings. The molecule has 1 atom stereocenters. The Morgan fingerprint density at radius 2 is 2.05 bits per heavy atom. The standard InChI is InChI=1S/C14H18N2O4/c1-16-7-6-9-8-10(4-5-11(9)16)12(13(17)19-2)15-14(18)20-3/h4-5,8,12H,6-7H2,1-3H3,(H,15,18). The summed E-state index contributed by atoms with van der Waals surface area (Å²) >= 11 is 0. The van der Waals surface area contributed by atoms with Crippen molar-refractivity contribution in [1.82, 2.24) is 5.32 Å². The summed E-state index contributed by atoms with van der Waals surface area (Å²) in [6.07, 6.45) is 0.254. The Balaban J connectivity index is 2.29. The van der Waals surface area contributed by atoms with Crippen molar-refractivity contribution in [2.75, 3.05) is 32.7 Å². The molecule has 1 heterocycles. The van der Waals surface area contributed by atoms with Crippen LogP contribution in [0.3, 0.4) is 0 Å². The van der Waals surface area contributed by atoms with Gasteiger partial charge in [-0.15, -0.1) is 0 Å². The fourth-order valence-electron chi connectivity index (χ4n) is 2.34. The van der Waals surface area contributed by atoms with Gasteiger partial charge in [-0.25, -0.2) is 9.59 Å². The van der Waals surface area contributed by atoms with Gasteiger partial charge in [-0.05, 0) is 23.6 Å². The molecule has 6 nitrogen and oxygen atoms in total. The Kier molecular flexibility index (Phi) is 4.12. The number of likely N-dealkylation sites (N-methyl/N-ethyl adjacent to an activating group) is 1. The molecule has 20 heavy (non-hydrogen) atoms. The van der Waals surface area contributed by atoms with Crippen molar-refractivity contribution in [3.8, 4) is 0 Å². The average molecular weight is 278 g/mol. The van der Waals surface area contributed by atoms with E-state index in [1.165, 1.54) is 14.2 Å². The van der Waals surface area contributed by atoms with Gasteiger partial charge in [0.1, 0.15) is 0 Å². The Morgan fingerprint density at radius 1 is 1.30 bits per heavy atom. The van der Waals surface area contributed by atoms with Crippen LogP contribution < -0.4 is 10.2 Å². The Morgan fingerprint density at radius 3 is 2.70 bits per heavy atom. The number of rotatable bonds is 3. The van der Waals surface area contributed by atoms with Crippen LogP contribution in [0.15, 0.2) is 18.2 Å². The quantitative estimate of drug-likeness (QED) is 0.843. The average Bonchev–Trinajstić information content (AvgIpc) is 2.84. The number of methoxy groups -OCH3 is 2. The van der Waals surface area contributed by atoms with Gasteiger partial charge < -0.3 is 19.7 Å². The van der Waals surface area contributed by atoms with Gasteiger partial charge in [0.25, 0.3) is 0 Å². The summed E-state index contributed by atoms with van der Waals surface area (Å²) in [6, 6.07) is 4.84. The van der Waals surface area contributed by atoms with Crippen LogP contribution in [0.25, 0.3) is 0 Å². The van der Waals surface area contributed by atoms with E-state index in [0.717, 1.165) is 24.2 Å². The van der Waals surface area contributed by atoms with Crippen LogP contribution in [0.4, 0.5) is 10.5 Å². The largest absolute Gasteiger partial charge is 0.467 e. The summed E-state index contributed by atoms with van der Waals surface area (Å²) in [5, 5.41) is 2.49. The minimum absolute atomic E-state index is 0.526. The van der Waals surface area contributed by atoms with E-state index in [1.54, 1.807) is 0 Å². The number of fused-ring (bicyclic) bond motifs is 1. The number of anilines is 1. The molecular formula is C14H18N2O4. The number of carbonyl (C=O) groups is 2. The first-order valence-corrected chi connectivity index (χ1v) is 6.33. The van der Waals surface area contributed by atoms with Crippen molar-refractivity contribution in [3.63, 3.8) is 0 Å². The summed E-state index contributed by atoms with van der Waals surface area (Å²) in [5.74, 6) is -0.526. The molecule has 1 unspecified atom stereocenters. The third-order valence-electron chi connectivity index (χ3n) is 3.45. The molecule has 1 aliphatic rings. The molecule has 0 aliphatic carbocycles. The normalized spacial score (nSPS) is 14.4. The summed E-state index contributed by atoms with van der Waals surface area (Å²) in [5.41, 5.74) is 3.00. The van der Waals surface area contributed by atoms with E-state index in [4.69, 9.17) is 4.74 Å². The Hall–Kier alpha value is -2.24. The van der Waals surface area contributed by atoms with Crippen LogP contribution in [0.2, 0.25) is 0 Å². The van der Waals surface area contributed by atoms with Crippen molar-refractivity contribution in [1.29, 1.82) is 0 Å². The lowest BCUT2D eigenvalue weighted by Gasteiger charge is -2.18. The highest BCUT2D eigenvalue weighted by Crippen LogP contribution is 2.29. The highest BCUT2D eigenvalue weighted by atomic mass is 16.5. The summed E-state index contributed by atoms with van der Waals surface area (Å²) in [7, 11) is 4.56. The molecule has 0 saturated carbocycles. The zero-order valence-electron chi connectivity index (χ0n) is 11.8. The Labute approximate surface area is 117 Å². The number of carbonyl (C=O) groups excluding carboxylic acids is 2. The van der Waals surface area contributed by atoms with Crippen LogP contribution >= 0.6 is 0 Å². The molecule has 0 aromatic heterocycles. The first kappa shape index (κ1) is 14.2. The molecule has 0 spiro atoms. The van der Waals surface area contributed by atoms with Crippen LogP contribution in [0.1, 0.15) is 17.2 Å². The Bertz CT molecular complexity index is 530. The fraction of sp³-hybridized carbons (Fsp3) is 0.429. The number of benzene rings is 1. The van der Waals surface area contributed by atoms with E-state index in [-0.39, 0.29) is 0 Å². The zero-order valence-corrected chi connectivity index (χ0v) is 11.8. The molecular weight excluding hydrogens is 260 g/mol. The summed E-state index contributed by atoms with van der Waals surface area (Å²) in [6.45, 7) is 0.951. The van der Waals surface area contributed by atoms with E-state index >= 15 is 0 Å². The highest BCUT2D eigenvalue weighted by molar-refractivity contribution is 5.83. The zero-order chi connectivity index (χ0) is 14.7. The number of nitrogens with one attached hydrogen (secondary N) is 1. The summed E-state index contributed by atoms with van der Waals surface area (Å²) in [4.78, 5) is 25.3. The number of hydrogen-bond donors (Lipinski definition) is 1. The number of nitrogens with zero attached hydrogens (tertiary/aromatic N) is 1. The topological polar surface area (TPSA) is 67.9 Å². The summed E-state index contributed by atoms with van der Waals surface area (Å²) < 4.78 is 9.27. The molecule has 1 amide bonds. The van der Waals surface area contributed by atoms with Crippen molar-refractivity contribution < 1.29 is 19.1 Å². The smallest absolute Gasteiger partial charge is 0.407 e. The molecule has 0 fully saturated rings. The third-order valence-corrected chi connectivity index (χ3v) is 3.45. The van der Waals surface area contributed by atoms with Crippen LogP contribution in [-0.2, 0) is 20.7 Å². The second-order valence-corrected chi connectivity index (χ2v) is 4.65. The maximum atomic E-state index is 11.8. The predicted octanol–water partition coefficient (Wildman–Crippen LogP) is 1.25. The van der Waals surface area contributed by atoms with E-state index in [0.29, 0.717) is 5.56 Å². The monoisotopic (exact) mass is 278 g/mol. The highest BCUT2D eigenvalue weighted by Gasteiger charge is 2.26. The van der Waals surface area contributed by atoms with Gasteiger partial charge in [0.15, 0.2) is 6.04 Å². The van der Waals surface area contributed by atoms with Gasteiger partial charge in [0.05, 0.1) is 14.2 Å². The van der Waals surface area contributed by atoms with Crippen LogP contribution in [-0.4, -0.2) is 39.9 Å². The molecule has 0 radical (unpaired) electrons. The lowest BCUT2D eigenvalue weighted by Crippen LogP contribution is -2.34. The number of esters is 1. The number of alkyl carbamates (subject to hydrolysis) is 1. The maximum Gasteiger partial charge on any atom is 0.407 e. The van der Waals surface area contributed by atoms with Crippen LogP contribution in [0.5, 0.6) is 0 Å². The maximum absolute atomic E-state index is 11.8. The fourth-order valence-corrected chi connectivity index (χ4v) is 2.34. The number of amides is 1. The minimum Gasteiger partial charge on any atom is -0.467 e. The van der Waals surface area contributed by atoms with E-state index in [2.05, 4.69) is 15.0 Å². The van der Waals surface area contributed by atoms with Crippen molar-refractivity contribution in [2.24, 2.45) is 0 Å². The van der Waals surface area contributed by atoms with E-state index < -0.39 is 18.1 Å². The molecule has 0 saturated heterocycles. The van der Waals surface area contributed by atoms with Gasteiger partial charge in [0.2, 0.25) is 0 Å². The first-order chi connectivity index (χ1) is 9.56. The number of hydrogen-bond acceptors (Lipinski definition) is 5. The van der Waals surface area contributed by atoms with Crippen molar-refractivity contribution in [2.45, 2.75) is 12.5 Å². The second-order valence-electron chi connectivity index (χ2n) is 4.65. The molecule has 1 aromatic carbocycles. The number of ether oxygens (including phenoxy) is 2. The molecule has 108 valence electrons. The lowest BCUT2D eigenvalue weighted by atomic mass is 10.0. The molecule has 1 N–H and O–H groups in total. The molecule has 2 rings (SSSR count). The van der Waals surface area contributed by atoms with Gasteiger partial charge in [-0.3, -0.25) is 0 Å².